The summed E-state index contributed by atoms with van der Waals surface area (Å²) in [6.45, 7) is 4.66. The van der Waals surface area contributed by atoms with Crippen molar-refractivity contribution in [2.45, 2.75) is 25.9 Å². The normalized spacial score (nSPS) is 11.2. The van der Waals surface area contributed by atoms with Gasteiger partial charge in [0.15, 0.2) is 18.1 Å². The van der Waals surface area contributed by atoms with Crippen LogP contribution < -0.4 is 19.6 Å². The Bertz CT molecular complexity index is 1350. The van der Waals surface area contributed by atoms with Crippen molar-refractivity contribution >= 4 is 12.1 Å². The van der Waals surface area contributed by atoms with E-state index >= 15 is 0 Å². The van der Waals surface area contributed by atoms with Crippen LogP contribution >= 0.6 is 0 Å². The lowest BCUT2D eigenvalue weighted by Gasteiger charge is -2.26. The van der Waals surface area contributed by atoms with Crippen molar-refractivity contribution in [1.29, 1.82) is 0 Å². The highest BCUT2D eigenvalue weighted by Crippen LogP contribution is 2.32. The van der Waals surface area contributed by atoms with Crippen LogP contribution in [0.5, 0.6) is 17.2 Å². The number of benzene rings is 4. The fourth-order valence-corrected chi connectivity index (χ4v) is 3.97. The molecule has 0 saturated heterocycles. The Balaban J connectivity index is 1.26. The van der Waals surface area contributed by atoms with Gasteiger partial charge in [0.25, 0.3) is 5.91 Å². The van der Waals surface area contributed by atoms with Gasteiger partial charge in [0.1, 0.15) is 12.4 Å². The third-order valence-electron chi connectivity index (χ3n) is 6.27. The van der Waals surface area contributed by atoms with Crippen LogP contribution in [0.25, 0.3) is 0 Å². The van der Waals surface area contributed by atoms with Crippen LogP contribution in [-0.4, -0.2) is 25.8 Å². The molecule has 0 fully saturated rings. The number of methoxy groups -OCH3 is 1. The zero-order valence-electron chi connectivity index (χ0n) is 21.9. The zero-order chi connectivity index (χ0) is 26.8. The van der Waals surface area contributed by atoms with E-state index in [2.05, 4.69) is 36.5 Å². The minimum atomic E-state index is -0.357. The van der Waals surface area contributed by atoms with Crippen LogP contribution in [0.3, 0.4) is 0 Å². The fourth-order valence-electron chi connectivity index (χ4n) is 3.97. The maximum Gasteiger partial charge on any atom is 0.277 e. The number of hydrogen-bond acceptors (Lipinski definition) is 5. The van der Waals surface area contributed by atoms with Crippen molar-refractivity contribution in [3.63, 3.8) is 0 Å². The molecule has 0 spiro atoms. The van der Waals surface area contributed by atoms with Gasteiger partial charge in [0, 0.05) is 5.41 Å². The maximum atomic E-state index is 12.2. The van der Waals surface area contributed by atoms with Gasteiger partial charge in [-0.2, -0.15) is 5.10 Å². The fraction of sp³-hybridized carbons (Fsp3) is 0.188. The van der Waals surface area contributed by atoms with Crippen LogP contribution in [0.15, 0.2) is 108 Å². The summed E-state index contributed by atoms with van der Waals surface area (Å²) in [6.07, 6.45) is 1.54. The van der Waals surface area contributed by atoms with Gasteiger partial charge in [0.2, 0.25) is 0 Å². The summed E-state index contributed by atoms with van der Waals surface area (Å²) >= 11 is 0. The summed E-state index contributed by atoms with van der Waals surface area (Å²) in [5, 5.41) is 4.03. The van der Waals surface area contributed by atoms with Crippen molar-refractivity contribution in [2.24, 2.45) is 5.10 Å². The largest absolute Gasteiger partial charge is 0.493 e. The number of nitrogens with zero attached hydrogens (tertiary/aromatic N) is 1. The lowest BCUT2D eigenvalue weighted by Crippen LogP contribution is -2.24. The van der Waals surface area contributed by atoms with E-state index in [1.54, 1.807) is 19.4 Å². The quantitative estimate of drug-likeness (QED) is 0.195. The third kappa shape index (κ3) is 7.01. The molecule has 0 atom stereocenters. The minimum absolute atomic E-state index is 0.138. The number of rotatable bonds is 11. The molecule has 0 aromatic heterocycles. The number of amides is 1. The lowest BCUT2D eigenvalue weighted by molar-refractivity contribution is -0.123. The summed E-state index contributed by atoms with van der Waals surface area (Å²) in [5.74, 6) is 1.47. The molecular formula is C32H32N2O4. The monoisotopic (exact) mass is 508 g/mol. The molecule has 0 aliphatic heterocycles. The number of hydrogen-bond donors (Lipinski definition) is 1. The SMILES string of the molecule is COc1cc(C=NNC(=O)COc2ccc(C(C)(C)c3ccccc3)cc2)ccc1OCc1ccccc1. The second kappa shape index (κ2) is 12.6. The molecule has 0 radical (unpaired) electrons. The van der Waals surface area contributed by atoms with E-state index in [1.165, 1.54) is 5.56 Å². The van der Waals surface area contributed by atoms with E-state index in [4.69, 9.17) is 14.2 Å². The van der Waals surface area contributed by atoms with E-state index in [9.17, 15) is 4.79 Å². The molecule has 0 saturated carbocycles. The Morgan fingerprint density at radius 2 is 1.47 bits per heavy atom. The number of nitrogens with one attached hydrogen (secondary N) is 1. The highest BCUT2D eigenvalue weighted by Gasteiger charge is 2.22. The van der Waals surface area contributed by atoms with Crippen LogP contribution in [0.2, 0.25) is 0 Å². The van der Waals surface area contributed by atoms with Gasteiger partial charge in [-0.15, -0.1) is 0 Å². The first-order valence-electron chi connectivity index (χ1n) is 12.4. The predicted octanol–water partition coefficient (Wildman–Crippen LogP) is 6.13. The summed E-state index contributed by atoms with van der Waals surface area (Å²) in [7, 11) is 1.58. The molecule has 0 unspecified atom stereocenters. The Hall–Kier alpha value is -4.58. The Kier molecular flexibility index (Phi) is 8.77. The number of carbonyl (C=O) groups is 1. The molecule has 6 nitrogen and oxygen atoms in total. The van der Waals surface area contributed by atoms with Gasteiger partial charge >= 0.3 is 0 Å². The average molecular weight is 509 g/mol. The van der Waals surface area contributed by atoms with E-state index in [1.807, 2.05) is 84.9 Å². The van der Waals surface area contributed by atoms with Gasteiger partial charge in [-0.3, -0.25) is 4.79 Å². The minimum Gasteiger partial charge on any atom is -0.493 e. The average Bonchev–Trinajstić information content (AvgIpc) is 2.96. The molecule has 0 bridgehead atoms. The molecule has 0 aliphatic carbocycles. The lowest BCUT2D eigenvalue weighted by atomic mass is 9.78. The first kappa shape index (κ1) is 26.5. The van der Waals surface area contributed by atoms with Crippen molar-refractivity contribution in [2.75, 3.05) is 13.7 Å². The van der Waals surface area contributed by atoms with Gasteiger partial charge in [-0.25, -0.2) is 5.43 Å². The van der Waals surface area contributed by atoms with Crippen molar-refractivity contribution in [3.8, 4) is 17.2 Å². The van der Waals surface area contributed by atoms with Gasteiger partial charge in [0.05, 0.1) is 13.3 Å². The van der Waals surface area contributed by atoms with Gasteiger partial charge < -0.3 is 14.2 Å². The maximum absolute atomic E-state index is 12.2. The molecule has 1 amide bonds. The molecule has 6 heteroatoms. The topological polar surface area (TPSA) is 69.2 Å². The molecule has 38 heavy (non-hydrogen) atoms. The highest BCUT2D eigenvalue weighted by atomic mass is 16.5. The van der Waals surface area contributed by atoms with Gasteiger partial charge in [-0.1, -0.05) is 86.6 Å². The number of hydrazone groups is 1. The zero-order valence-corrected chi connectivity index (χ0v) is 21.9. The Labute approximate surface area is 223 Å². The van der Waals surface area contributed by atoms with E-state index < -0.39 is 0 Å². The molecule has 4 aromatic carbocycles. The van der Waals surface area contributed by atoms with Crippen molar-refractivity contribution in [3.05, 3.63) is 125 Å². The van der Waals surface area contributed by atoms with Crippen molar-refractivity contribution < 1.29 is 19.0 Å². The second-order valence-corrected chi connectivity index (χ2v) is 9.28. The van der Waals surface area contributed by atoms with Crippen LogP contribution in [-0.2, 0) is 16.8 Å². The molecule has 1 N–H and O–H groups in total. The summed E-state index contributed by atoms with van der Waals surface area (Å²) in [5.41, 5.74) is 6.57. The van der Waals surface area contributed by atoms with Crippen LogP contribution in [0, 0.1) is 0 Å². The molecule has 4 rings (SSSR count). The van der Waals surface area contributed by atoms with Crippen LogP contribution in [0.1, 0.15) is 36.1 Å². The molecule has 4 aromatic rings. The van der Waals surface area contributed by atoms with Gasteiger partial charge in [-0.05, 0) is 52.6 Å². The molecule has 0 aliphatic rings. The van der Waals surface area contributed by atoms with E-state index in [0.717, 1.165) is 16.7 Å². The second-order valence-electron chi connectivity index (χ2n) is 9.28. The number of ether oxygens (including phenoxy) is 3. The summed E-state index contributed by atoms with van der Waals surface area (Å²) in [4.78, 5) is 12.2. The summed E-state index contributed by atoms with van der Waals surface area (Å²) in [6, 6.07) is 33.5. The molecular weight excluding hydrogens is 476 g/mol. The number of carbonyl (C=O) groups excluding carboxylic acids is 1. The van der Waals surface area contributed by atoms with E-state index in [0.29, 0.717) is 23.9 Å². The summed E-state index contributed by atoms with van der Waals surface area (Å²) < 4.78 is 17.0. The smallest absolute Gasteiger partial charge is 0.277 e. The highest BCUT2D eigenvalue weighted by molar-refractivity contribution is 5.83. The van der Waals surface area contributed by atoms with Crippen molar-refractivity contribution in [1.82, 2.24) is 5.43 Å². The Morgan fingerprint density at radius 1 is 0.816 bits per heavy atom. The third-order valence-corrected chi connectivity index (χ3v) is 6.27. The predicted molar refractivity (Wildman–Crippen MR) is 150 cm³/mol. The molecule has 194 valence electrons. The first-order valence-corrected chi connectivity index (χ1v) is 12.4. The van der Waals surface area contributed by atoms with Crippen LogP contribution in [0.4, 0.5) is 0 Å². The van der Waals surface area contributed by atoms with E-state index in [-0.39, 0.29) is 17.9 Å². The Morgan fingerprint density at radius 3 is 2.16 bits per heavy atom. The standard InChI is InChI=1S/C32H32N2O4/c1-32(2,26-12-8-5-9-13-26)27-15-17-28(18-16-27)37-23-31(35)34-33-21-25-14-19-29(30(20-25)36-3)38-22-24-10-6-4-7-11-24/h4-21H,22-23H2,1-3H3,(H,34,35). The molecule has 0 heterocycles. The first-order chi connectivity index (χ1) is 18.5.